The molecule has 0 fully saturated rings. The van der Waals surface area contributed by atoms with Gasteiger partial charge in [0.2, 0.25) is 0 Å². The van der Waals surface area contributed by atoms with Crippen molar-refractivity contribution in [3.63, 3.8) is 0 Å². The van der Waals surface area contributed by atoms with E-state index in [-0.39, 0.29) is 5.97 Å². The van der Waals surface area contributed by atoms with Crippen LogP contribution < -0.4 is 4.74 Å². The number of fused-ring (bicyclic) bond motifs is 1. The van der Waals surface area contributed by atoms with Crippen LogP contribution in [0.5, 0.6) is 5.75 Å². The third kappa shape index (κ3) is 2.72. The zero-order chi connectivity index (χ0) is 13.8. The van der Waals surface area contributed by atoms with Gasteiger partial charge in [-0.1, -0.05) is 13.3 Å². The second-order valence-corrected chi connectivity index (χ2v) is 4.50. The summed E-state index contributed by atoms with van der Waals surface area (Å²) in [5, 5.41) is 1.04. The molecule has 4 heteroatoms. The highest BCUT2D eigenvalue weighted by Crippen LogP contribution is 2.28. The second kappa shape index (κ2) is 5.78. The fourth-order valence-corrected chi connectivity index (χ4v) is 2.29. The van der Waals surface area contributed by atoms with Gasteiger partial charge in [-0.15, -0.1) is 0 Å². The first-order valence-corrected chi connectivity index (χ1v) is 6.43. The predicted octanol–water partition coefficient (Wildman–Crippen LogP) is 2.84. The number of methoxy groups -OCH3 is 2. The standard InChI is InChI=1S/C15H19NO3/c1-4-5-13-12(9-15(17)19-3)11-8-10(18-2)6-7-14(11)16-13/h6-8,16H,4-5,9H2,1-3H3. The Morgan fingerprint density at radius 3 is 2.74 bits per heavy atom. The van der Waals surface area contributed by atoms with Gasteiger partial charge in [0, 0.05) is 16.6 Å². The van der Waals surface area contributed by atoms with Crippen LogP contribution in [0.15, 0.2) is 18.2 Å². The van der Waals surface area contributed by atoms with Crippen LogP contribution in [0.25, 0.3) is 10.9 Å². The minimum absolute atomic E-state index is 0.221. The maximum absolute atomic E-state index is 11.6. The number of esters is 1. The molecule has 0 aliphatic carbocycles. The molecule has 4 nitrogen and oxygen atoms in total. The first kappa shape index (κ1) is 13.5. The molecule has 0 atom stereocenters. The zero-order valence-electron chi connectivity index (χ0n) is 11.6. The number of carbonyl (C=O) groups excluding carboxylic acids is 1. The Kier molecular flexibility index (Phi) is 4.10. The molecule has 0 aliphatic rings. The highest BCUT2D eigenvalue weighted by molar-refractivity contribution is 5.89. The number of nitrogens with one attached hydrogen (secondary N) is 1. The van der Waals surface area contributed by atoms with Gasteiger partial charge in [-0.2, -0.15) is 0 Å². The smallest absolute Gasteiger partial charge is 0.310 e. The minimum Gasteiger partial charge on any atom is -0.497 e. The maximum atomic E-state index is 11.6. The van der Waals surface area contributed by atoms with Crippen LogP contribution in [0, 0.1) is 0 Å². The van der Waals surface area contributed by atoms with E-state index in [9.17, 15) is 4.79 Å². The molecular formula is C15H19NO3. The van der Waals surface area contributed by atoms with Crippen molar-refractivity contribution >= 4 is 16.9 Å². The molecule has 102 valence electrons. The number of H-pyrrole nitrogens is 1. The van der Waals surface area contributed by atoms with Gasteiger partial charge in [-0.05, 0) is 30.2 Å². The van der Waals surface area contributed by atoms with Crippen molar-refractivity contribution in [1.29, 1.82) is 0 Å². The topological polar surface area (TPSA) is 51.3 Å². The second-order valence-electron chi connectivity index (χ2n) is 4.50. The van der Waals surface area contributed by atoms with Crippen molar-refractivity contribution in [2.24, 2.45) is 0 Å². The predicted molar refractivity (Wildman–Crippen MR) is 74.6 cm³/mol. The van der Waals surface area contributed by atoms with Crippen LogP contribution in [-0.4, -0.2) is 25.2 Å². The van der Waals surface area contributed by atoms with Crippen molar-refractivity contribution in [2.45, 2.75) is 26.2 Å². The Morgan fingerprint density at radius 2 is 2.11 bits per heavy atom. The largest absolute Gasteiger partial charge is 0.497 e. The van der Waals surface area contributed by atoms with E-state index in [4.69, 9.17) is 9.47 Å². The van der Waals surface area contributed by atoms with E-state index in [1.165, 1.54) is 7.11 Å². The van der Waals surface area contributed by atoms with E-state index >= 15 is 0 Å². The fraction of sp³-hybridized carbons (Fsp3) is 0.400. The van der Waals surface area contributed by atoms with Crippen LogP contribution >= 0.6 is 0 Å². The van der Waals surface area contributed by atoms with Gasteiger partial charge in [0.05, 0.1) is 20.6 Å². The molecule has 0 saturated carbocycles. The van der Waals surface area contributed by atoms with Crippen molar-refractivity contribution in [2.75, 3.05) is 14.2 Å². The Balaban J connectivity index is 2.52. The maximum Gasteiger partial charge on any atom is 0.310 e. The molecular weight excluding hydrogens is 242 g/mol. The molecule has 0 unspecified atom stereocenters. The molecule has 2 rings (SSSR count). The summed E-state index contributed by atoms with van der Waals surface area (Å²) in [5.74, 6) is 0.571. The average Bonchev–Trinajstić information content (AvgIpc) is 2.76. The van der Waals surface area contributed by atoms with E-state index in [1.54, 1.807) is 7.11 Å². The van der Waals surface area contributed by atoms with Gasteiger partial charge in [0.15, 0.2) is 0 Å². The summed E-state index contributed by atoms with van der Waals surface area (Å²) in [5.41, 5.74) is 3.15. The summed E-state index contributed by atoms with van der Waals surface area (Å²) < 4.78 is 10.0. The van der Waals surface area contributed by atoms with Crippen molar-refractivity contribution in [1.82, 2.24) is 4.98 Å². The summed E-state index contributed by atoms with van der Waals surface area (Å²) in [7, 11) is 3.05. The summed E-state index contributed by atoms with van der Waals surface area (Å²) in [6, 6.07) is 5.86. The van der Waals surface area contributed by atoms with Gasteiger partial charge >= 0.3 is 5.97 Å². The van der Waals surface area contributed by atoms with Gasteiger partial charge < -0.3 is 14.5 Å². The molecule has 0 spiro atoms. The average molecular weight is 261 g/mol. The van der Waals surface area contributed by atoms with Crippen molar-refractivity contribution in [3.8, 4) is 5.75 Å². The lowest BCUT2D eigenvalue weighted by Gasteiger charge is -2.03. The molecule has 2 aromatic rings. The minimum atomic E-state index is -0.221. The molecule has 0 aliphatic heterocycles. The van der Waals surface area contributed by atoms with Crippen LogP contribution in [0.2, 0.25) is 0 Å². The summed E-state index contributed by atoms with van der Waals surface area (Å²) in [6.07, 6.45) is 2.24. The van der Waals surface area contributed by atoms with Gasteiger partial charge in [-0.25, -0.2) is 0 Å². The molecule has 1 aromatic carbocycles. The molecule has 1 aromatic heterocycles. The molecule has 0 bridgehead atoms. The summed E-state index contributed by atoms with van der Waals surface area (Å²) in [4.78, 5) is 14.9. The number of aromatic amines is 1. The third-order valence-corrected chi connectivity index (χ3v) is 3.25. The summed E-state index contributed by atoms with van der Waals surface area (Å²) >= 11 is 0. The Morgan fingerprint density at radius 1 is 1.32 bits per heavy atom. The lowest BCUT2D eigenvalue weighted by atomic mass is 10.0. The highest BCUT2D eigenvalue weighted by Gasteiger charge is 2.15. The van der Waals surface area contributed by atoms with E-state index in [1.807, 2.05) is 18.2 Å². The molecule has 0 saturated heterocycles. The van der Waals surface area contributed by atoms with Crippen LogP contribution in [0.1, 0.15) is 24.6 Å². The van der Waals surface area contributed by atoms with Gasteiger partial charge in [0.1, 0.15) is 5.75 Å². The Hall–Kier alpha value is -1.97. The molecule has 1 N–H and O–H groups in total. The first-order valence-electron chi connectivity index (χ1n) is 6.43. The highest BCUT2D eigenvalue weighted by atomic mass is 16.5. The number of aromatic nitrogens is 1. The molecule has 0 amide bonds. The SMILES string of the molecule is CCCc1[nH]c2ccc(OC)cc2c1CC(=O)OC. The first-order chi connectivity index (χ1) is 9.19. The number of benzene rings is 1. The molecule has 0 radical (unpaired) electrons. The van der Waals surface area contributed by atoms with Crippen molar-refractivity contribution < 1.29 is 14.3 Å². The number of ether oxygens (including phenoxy) is 2. The number of rotatable bonds is 5. The monoisotopic (exact) mass is 261 g/mol. The van der Waals surface area contributed by atoms with Crippen LogP contribution in [-0.2, 0) is 22.4 Å². The van der Waals surface area contributed by atoms with Crippen molar-refractivity contribution in [3.05, 3.63) is 29.5 Å². The van der Waals surface area contributed by atoms with Crippen LogP contribution in [0.3, 0.4) is 0 Å². The van der Waals surface area contributed by atoms with Gasteiger partial charge in [0.25, 0.3) is 0 Å². The van der Waals surface area contributed by atoms with E-state index in [0.29, 0.717) is 6.42 Å². The number of carbonyl (C=O) groups is 1. The van der Waals surface area contributed by atoms with E-state index in [0.717, 1.165) is 40.8 Å². The number of hydrogen-bond acceptors (Lipinski definition) is 3. The zero-order valence-corrected chi connectivity index (χ0v) is 11.6. The Bertz CT molecular complexity index is 586. The van der Waals surface area contributed by atoms with Crippen LogP contribution in [0.4, 0.5) is 0 Å². The van der Waals surface area contributed by atoms with E-state index < -0.39 is 0 Å². The van der Waals surface area contributed by atoms with E-state index in [2.05, 4.69) is 11.9 Å². The fourth-order valence-electron chi connectivity index (χ4n) is 2.29. The normalized spacial score (nSPS) is 10.7. The lowest BCUT2D eigenvalue weighted by Crippen LogP contribution is -2.06. The quantitative estimate of drug-likeness (QED) is 0.842. The summed E-state index contributed by atoms with van der Waals surface area (Å²) in [6.45, 7) is 2.12. The number of aryl methyl sites for hydroxylation is 1. The Labute approximate surface area is 112 Å². The molecule has 19 heavy (non-hydrogen) atoms. The lowest BCUT2D eigenvalue weighted by molar-refractivity contribution is -0.139. The molecule has 1 heterocycles. The third-order valence-electron chi connectivity index (χ3n) is 3.25. The van der Waals surface area contributed by atoms with Gasteiger partial charge in [-0.3, -0.25) is 4.79 Å². The number of hydrogen-bond donors (Lipinski definition) is 1.